The Kier molecular flexibility index (Phi) is 4.21. The Morgan fingerprint density at radius 3 is 3.05 bits per heavy atom. The van der Waals surface area contributed by atoms with Crippen LogP contribution in [0.5, 0.6) is 0 Å². The first-order valence-corrected chi connectivity index (χ1v) is 7.59. The molecule has 1 aliphatic carbocycles. The fraction of sp³-hybridized carbons (Fsp3) is 0.562. The zero-order valence-corrected chi connectivity index (χ0v) is 11.8. The number of hydrogen-bond acceptors (Lipinski definition) is 3. The third kappa shape index (κ3) is 3.12. The van der Waals surface area contributed by atoms with Gasteiger partial charge in [-0.05, 0) is 37.0 Å². The molecule has 1 fully saturated rings. The Morgan fingerprint density at radius 1 is 1.35 bits per heavy atom. The van der Waals surface area contributed by atoms with Gasteiger partial charge in [-0.15, -0.1) is 0 Å². The first-order chi connectivity index (χ1) is 9.83. The summed E-state index contributed by atoms with van der Waals surface area (Å²) in [5.74, 6) is -0.0171. The summed E-state index contributed by atoms with van der Waals surface area (Å²) in [7, 11) is 0. The Hall–Kier alpha value is -1.55. The Morgan fingerprint density at radius 2 is 2.20 bits per heavy atom. The quantitative estimate of drug-likeness (QED) is 0.810. The molecule has 1 heterocycles. The maximum Gasteiger partial charge on any atom is 0.251 e. The van der Waals surface area contributed by atoms with Crippen LogP contribution in [0.1, 0.15) is 41.6 Å². The van der Waals surface area contributed by atoms with Gasteiger partial charge < -0.3 is 15.4 Å². The number of nitrogens with one attached hydrogen (secondary N) is 2. The van der Waals surface area contributed by atoms with Crippen molar-refractivity contribution in [2.45, 2.75) is 38.2 Å². The van der Waals surface area contributed by atoms with Gasteiger partial charge in [0.15, 0.2) is 0 Å². The zero-order valence-electron chi connectivity index (χ0n) is 11.8. The number of anilines is 1. The van der Waals surface area contributed by atoms with Crippen LogP contribution in [0, 0.1) is 0 Å². The molecule has 2 N–H and O–H groups in total. The molecule has 20 heavy (non-hydrogen) atoms. The number of benzene rings is 1. The minimum Gasteiger partial charge on any atom is -0.384 e. The number of rotatable bonds is 5. The van der Waals surface area contributed by atoms with Crippen molar-refractivity contribution in [3.05, 3.63) is 29.3 Å². The van der Waals surface area contributed by atoms with Crippen LogP contribution in [0.3, 0.4) is 0 Å². The Balaban J connectivity index is 1.44. The zero-order chi connectivity index (χ0) is 13.8. The lowest BCUT2D eigenvalue weighted by molar-refractivity contribution is 0.0582. The van der Waals surface area contributed by atoms with Gasteiger partial charge in [-0.2, -0.15) is 0 Å². The van der Waals surface area contributed by atoms with Gasteiger partial charge in [-0.3, -0.25) is 4.79 Å². The van der Waals surface area contributed by atoms with Gasteiger partial charge in [0.2, 0.25) is 0 Å². The number of fused-ring (bicyclic) bond motifs is 1. The molecule has 0 bridgehead atoms. The van der Waals surface area contributed by atoms with Crippen molar-refractivity contribution < 1.29 is 9.53 Å². The molecule has 4 nitrogen and oxygen atoms in total. The second kappa shape index (κ2) is 6.27. The topological polar surface area (TPSA) is 50.4 Å². The van der Waals surface area contributed by atoms with E-state index in [4.69, 9.17) is 4.74 Å². The van der Waals surface area contributed by atoms with E-state index in [1.165, 1.54) is 31.2 Å². The maximum absolute atomic E-state index is 12.0. The molecule has 1 saturated carbocycles. The minimum atomic E-state index is -0.0171. The maximum atomic E-state index is 12.0. The molecule has 1 aliphatic heterocycles. The van der Waals surface area contributed by atoms with Crippen LogP contribution in [0.2, 0.25) is 0 Å². The van der Waals surface area contributed by atoms with Gasteiger partial charge in [0.05, 0.1) is 12.7 Å². The summed E-state index contributed by atoms with van der Waals surface area (Å²) >= 11 is 0. The van der Waals surface area contributed by atoms with E-state index >= 15 is 0 Å². The fourth-order valence-corrected chi connectivity index (χ4v) is 2.98. The number of hydrogen-bond donors (Lipinski definition) is 2. The molecule has 0 unspecified atom stereocenters. The summed E-state index contributed by atoms with van der Waals surface area (Å²) in [6.07, 6.45) is 6.36. The highest BCUT2D eigenvalue weighted by Crippen LogP contribution is 2.23. The second-order valence-corrected chi connectivity index (χ2v) is 5.58. The van der Waals surface area contributed by atoms with E-state index in [1.807, 2.05) is 18.2 Å². The number of amides is 1. The van der Waals surface area contributed by atoms with Crippen molar-refractivity contribution in [1.82, 2.24) is 5.32 Å². The van der Waals surface area contributed by atoms with Crippen molar-refractivity contribution in [3.8, 4) is 0 Å². The lowest BCUT2D eigenvalue weighted by atomic mass is 10.1. The third-order valence-electron chi connectivity index (χ3n) is 4.13. The van der Waals surface area contributed by atoms with Crippen molar-refractivity contribution in [2.75, 3.05) is 25.0 Å². The van der Waals surface area contributed by atoms with Crippen LogP contribution in [0.4, 0.5) is 5.69 Å². The van der Waals surface area contributed by atoms with E-state index in [0.717, 1.165) is 24.2 Å². The van der Waals surface area contributed by atoms with Crippen LogP contribution in [-0.2, 0) is 11.2 Å². The van der Waals surface area contributed by atoms with E-state index in [2.05, 4.69) is 10.6 Å². The first kappa shape index (κ1) is 13.4. The van der Waals surface area contributed by atoms with Crippen molar-refractivity contribution >= 4 is 11.6 Å². The predicted molar refractivity (Wildman–Crippen MR) is 79.2 cm³/mol. The summed E-state index contributed by atoms with van der Waals surface area (Å²) in [4.78, 5) is 12.0. The van der Waals surface area contributed by atoms with E-state index in [-0.39, 0.29) is 5.91 Å². The van der Waals surface area contributed by atoms with Crippen LogP contribution < -0.4 is 10.6 Å². The molecule has 3 rings (SSSR count). The van der Waals surface area contributed by atoms with Gasteiger partial charge in [0, 0.05) is 24.3 Å². The lowest BCUT2D eigenvalue weighted by Gasteiger charge is -2.11. The molecular weight excluding hydrogens is 252 g/mol. The Bertz CT molecular complexity index is 481. The SMILES string of the molecule is O=C(NCCOC1CCCC1)c1ccc2c(c1)NCC2. The highest BCUT2D eigenvalue weighted by atomic mass is 16.5. The van der Waals surface area contributed by atoms with E-state index in [0.29, 0.717) is 19.3 Å². The molecule has 4 heteroatoms. The summed E-state index contributed by atoms with van der Waals surface area (Å²) < 4.78 is 5.74. The molecule has 1 amide bonds. The summed E-state index contributed by atoms with van der Waals surface area (Å²) in [6, 6.07) is 5.88. The molecule has 108 valence electrons. The largest absolute Gasteiger partial charge is 0.384 e. The van der Waals surface area contributed by atoms with Crippen LogP contribution >= 0.6 is 0 Å². The molecule has 2 aliphatic rings. The second-order valence-electron chi connectivity index (χ2n) is 5.58. The summed E-state index contributed by atoms with van der Waals surface area (Å²) in [6.45, 7) is 2.16. The van der Waals surface area contributed by atoms with E-state index < -0.39 is 0 Å². The average Bonchev–Trinajstić information content (AvgIpc) is 3.13. The highest BCUT2D eigenvalue weighted by Gasteiger charge is 2.15. The van der Waals surface area contributed by atoms with Gasteiger partial charge in [0.25, 0.3) is 5.91 Å². The lowest BCUT2D eigenvalue weighted by Crippen LogP contribution is -2.28. The standard InChI is InChI=1S/C16H22N2O2/c19-16(18-9-10-20-14-3-1-2-4-14)13-6-5-12-7-8-17-15(12)11-13/h5-6,11,14,17H,1-4,7-10H2,(H,18,19). The van der Waals surface area contributed by atoms with Crippen LogP contribution in [-0.4, -0.2) is 31.7 Å². The molecule has 0 saturated heterocycles. The summed E-state index contributed by atoms with van der Waals surface area (Å²) in [5.41, 5.74) is 3.12. The number of carbonyl (C=O) groups excluding carboxylic acids is 1. The van der Waals surface area contributed by atoms with E-state index in [1.54, 1.807) is 0 Å². The molecule has 0 spiro atoms. The number of carbonyl (C=O) groups is 1. The number of ether oxygens (including phenoxy) is 1. The van der Waals surface area contributed by atoms with Crippen molar-refractivity contribution in [1.29, 1.82) is 0 Å². The molecule has 1 aromatic carbocycles. The fourth-order valence-electron chi connectivity index (χ4n) is 2.98. The van der Waals surface area contributed by atoms with Gasteiger partial charge in [0.1, 0.15) is 0 Å². The molecule has 1 aromatic rings. The molecule has 0 atom stereocenters. The van der Waals surface area contributed by atoms with E-state index in [9.17, 15) is 4.79 Å². The highest BCUT2D eigenvalue weighted by molar-refractivity contribution is 5.95. The third-order valence-corrected chi connectivity index (χ3v) is 4.13. The first-order valence-electron chi connectivity index (χ1n) is 7.59. The van der Waals surface area contributed by atoms with Gasteiger partial charge in [-0.1, -0.05) is 18.9 Å². The van der Waals surface area contributed by atoms with Crippen LogP contribution in [0.15, 0.2) is 18.2 Å². The Labute approximate surface area is 119 Å². The average molecular weight is 274 g/mol. The molecule has 0 aromatic heterocycles. The minimum absolute atomic E-state index is 0.0171. The smallest absolute Gasteiger partial charge is 0.251 e. The van der Waals surface area contributed by atoms with Crippen molar-refractivity contribution in [2.24, 2.45) is 0 Å². The monoisotopic (exact) mass is 274 g/mol. The predicted octanol–water partition coefficient (Wildman–Crippen LogP) is 2.34. The molecule has 0 radical (unpaired) electrons. The van der Waals surface area contributed by atoms with Crippen molar-refractivity contribution in [3.63, 3.8) is 0 Å². The molecular formula is C16H22N2O2. The van der Waals surface area contributed by atoms with Gasteiger partial charge >= 0.3 is 0 Å². The summed E-state index contributed by atoms with van der Waals surface area (Å²) in [5, 5.41) is 6.22. The van der Waals surface area contributed by atoms with Gasteiger partial charge in [-0.25, -0.2) is 0 Å². The van der Waals surface area contributed by atoms with Crippen LogP contribution in [0.25, 0.3) is 0 Å². The normalized spacial score (nSPS) is 17.8.